The molecule has 0 aliphatic carbocycles. The Labute approximate surface area is 153 Å². The van der Waals surface area contributed by atoms with Crippen LogP contribution in [0.3, 0.4) is 0 Å². The summed E-state index contributed by atoms with van der Waals surface area (Å²) in [6, 6.07) is 9.67. The number of amides is 2. The lowest BCUT2D eigenvalue weighted by molar-refractivity contribution is -0.129. The molecule has 9 heteroatoms. The number of hydrogen-bond acceptors (Lipinski definition) is 7. The molecule has 6 nitrogen and oxygen atoms in total. The smallest absolute Gasteiger partial charge is 0.233 e. The number of carbonyl (C=O) groups excluding carboxylic acids is 2. The molecule has 0 bridgehead atoms. The van der Waals surface area contributed by atoms with E-state index in [-0.39, 0.29) is 18.1 Å². The van der Waals surface area contributed by atoms with Gasteiger partial charge < -0.3 is 10.6 Å². The van der Waals surface area contributed by atoms with Crippen molar-refractivity contribution in [2.24, 2.45) is 5.73 Å². The van der Waals surface area contributed by atoms with E-state index < -0.39 is 5.91 Å². The van der Waals surface area contributed by atoms with Crippen molar-refractivity contribution in [1.82, 2.24) is 15.1 Å². The van der Waals surface area contributed by atoms with Gasteiger partial charge in [-0.15, -0.1) is 10.2 Å². The Bertz CT molecular complexity index is 678. The number of rotatable bonds is 9. The van der Waals surface area contributed by atoms with E-state index in [1.54, 1.807) is 4.90 Å². The van der Waals surface area contributed by atoms with E-state index in [0.29, 0.717) is 13.1 Å². The minimum absolute atomic E-state index is 0.0500. The van der Waals surface area contributed by atoms with Gasteiger partial charge in [-0.25, -0.2) is 0 Å². The molecule has 1 heterocycles. The van der Waals surface area contributed by atoms with Gasteiger partial charge in [-0.05, 0) is 11.8 Å². The van der Waals surface area contributed by atoms with Gasteiger partial charge in [0.1, 0.15) is 0 Å². The summed E-state index contributed by atoms with van der Waals surface area (Å²) >= 11 is 4.36. The molecule has 24 heavy (non-hydrogen) atoms. The second-order valence-electron chi connectivity index (χ2n) is 4.84. The van der Waals surface area contributed by atoms with Crippen molar-refractivity contribution in [1.29, 1.82) is 0 Å². The molecule has 0 aliphatic heterocycles. The fraction of sp³-hybridized carbons (Fsp3) is 0.333. The van der Waals surface area contributed by atoms with Crippen LogP contribution in [0.5, 0.6) is 0 Å². The zero-order chi connectivity index (χ0) is 17.4. The number of thioether (sulfide) groups is 2. The molecule has 0 unspecified atom stereocenters. The number of hydrogen-bond donors (Lipinski definition) is 1. The molecule has 0 radical (unpaired) electrons. The molecule has 0 fully saturated rings. The average molecular weight is 383 g/mol. The second-order valence-corrected chi connectivity index (χ2v) is 8.10. The first kappa shape index (κ1) is 18.8. The van der Waals surface area contributed by atoms with E-state index in [0.717, 1.165) is 14.2 Å². The van der Waals surface area contributed by atoms with Crippen molar-refractivity contribution in [3.63, 3.8) is 0 Å². The average Bonchev–Trinajstić information content (AvgIpc) is 3.05. The third kappa shape index (κ3) is 6.14. The van der Waals surface area contributed by atoms with Crippen molar-refractivity contribution in [2.75, 3.05) is 18.6 Å². The minimum Gasteiger partial charge on any atom is -0.370 e. The molecular formula is C15H18N4O2S3. The van der Waals surface area contributed by atoms with E-state index in [4.69, 9.17) is 5.73 Å². The Morgan fingerprint density at radius 2 is 1.92 bits per heavy atom. The molecule has 2 amide bonds. The van der Waals surface area contributed by atoms with Crippen LogP contribution in [0.15, 0.2) is 39.0 Å². The van der Waals surface area contributed by atoms with Gasteiger partial charge in [0.2, 0.25) is 11.8 Å². The van der Waals surface area contributed by atoms with Crippen LogP contribution in [0, 0.1) is 0 Å². The van der Waals surface area contributed by atoms with Crippen molar-refractivity contribution < 1.29 is 9.59 Å². The molecule has 0 aliphatic rings. The quantitative estimate of drug-likeness (QED) is 0.669. The monoisotopic (exact) mass is 382 g/mol. The number of primary amides is 1. The molecule has 2 aromatic rings. The van der Waals surface area contributed by atoms with Crippen LogP contribution in [0.2, 0.25) is 0 Å². The molecular weight excluding hydrogens is 364 g/mol. The number of nitrogens with two attached hydrogens (primary N) is 1. The third-order valence-corrected chi connectivity index (χ3v) is 6.10. The number of nitrogens with zero attached hydrogens (tertiary/aromatic N) is 3. The van der Waals surface area contributed by atoms with Crippen molar-refractivity contribution in [2.45, 2.75) is 21.6 Å². The van der Waals surface area contributed by atoms with Crippen LogP contribution in [0.4, 0.5) is 0 Å². The van der Waals surface area contributed by atoms with E-state index >= 15 is 0 Å². The number of benzene rings is 1. The maximum atomic E-state index is 12.5. The largest absolute Gasteiger partial charge is 0.370 e. The zero-order valence-electron chi connectivity index (χ0n) is 13.2. The summed E-state index contributed by atoms with van der Waals surface area (Å²) in [6.45, 7) is 0.773. The first-order valence-electron chi connectivity index (χ1n) is 7.18. The van der Waals surface area contributed by atoms with Crippen molar-refractivity contribution in [3.05, 3.63) is 35.9 Å². The molecule has 2 rings (SSSR count). The molecule has 0 spiro atoms. The van der Waals surface area contributed by atoms with E-state index in [2.05, 4.69) is 10.2 Å². The lowest BCUT2D eigenvalue weighted by Crippen LogP contribution is -2.34. The van der Waals surface area contributed by atoms with E-state index in [9.17, 15) is 9.59 Å². The predicted octanol–water partition coefficient (Wildman–Crippen LogP) is 2.26. The molecule has 2 N–H and O–H groups in total. The van der Waals surface area contributed by atoms with Gasteiger partial charge in [0, 0.05) is 19.5 Å². The first-order valence-corrected chi connectivity index (χ1v) is 10.2. The normalized spacial score (nSPS) is 10.5. The summed E-state index contributed by atoms with van der Waals surface area (Å²) in [5.41, 5.74) is 6.23. The zero-order valence-corrected chi connectivity index (χ0v) is 15.6. The minimum atomic E-state index is -0.415. The Balaban J connectivity index is 1.96. The predicted molar refractivity (Wildman–Crippen MR) is 98.1 cm³/mol. The number of carbonyl (C=O) groups is 2. The van der Waals surface area contributed by atoms with Crippen LogP contribution in [-0.2, 0) is 16.1 Å². The molecule has 128 valence electrons. The molecule has 1 aromatic heterocycles. The Morgan fingerprint density at radius 1 is 1.21 bits per heavy atom. The molecule has 1 aromatic carbocycles. The lowest BCUT2D eigenvalue weighted by atomic mass is 10.2. The second kappa shape index (κ2) is 9.65. The van der Waals surface area contributed by atoms with Crippen LogP contribution in [0.25, 0.3) is 0 Å². The number of aromatic nitrogens is 2. The highest BCUT2D eigenvalue weighted by Crippen LogP contribution is 2.27. The molecule has 0 saturated heterocycles. The molecule has 0 atom stereocenters. The summed E-state index contributed by atoms with van der Waals surface area (Å²) in [6.07, 6.45) is 2.09. The van der Waals surface area contributed by atoms with Crippen LogP contribution >= 0.6 is 34.9 Å². The highest BCUT2D eigenvalue weighted by molar-refractivity contribution is 8.03. The standard InChI is InChI=1S/C15H18N4O2S3/c1-22-14-17-18-15(24-14)23-10-13(21)19(8-7-12(16)20)9-11-5-3-2-4-6-11/h2-6H,7-10H2,1H3,(H2,16,20). The highest BCUT2D eigenvalue weighted by Gasteiger charge is 2.16. The van der Waals surface area contributed by atoms with Crippen molar-refractivity contribution in [3.8, 4) is 0 Å². The van der Waals surface area contributed by atoms with Gasteiger partial charge >= 0.3 is 0 Å². The Kier molecular flexibility index (Phi) is 7.54. The van der Waals surface area contributed by atoms with Gasteiger partial charge in [0.15, 0.2) is 8.68 Å². The summed E-state index contributed by atoms with van der Waals surface area (Å²) in [5, 5.41) is 8.05. The fourth-order valence-corrected chi connectivity index (χ4v) is 4.23. The lowest BCUT2D eigenvalue weighted by Gasteiger charge is -2.22. The highest BCUT2D eigenvalue weighted by atomic mass is 32.2. The maximum Gasteiger partial charge on any atom is 0.233 e. The first-order chi connectivity index (χ1) is 11.6. The SMILES string of the molecule is CSc1nnc(SCC(=O)N(CCC(N)=O)Cc2ccccc2)s1. The topological polar surface area (TPSA) is 89.2 Å². The summed E-state index contributed by atoms with van der Waals surface area (Å²) < 4.78 is 1.64. The Morgan fingerprint density at radius 3 is 2.54 bits per heavy atom. The summed E-state index contributed by atoms with van der Waals surface area (Å²) in [4.78, 5) is 25.2. The summed E-state index contributed by atoms with van der Waals surface area (Å²) in [5.74, 6) is -0.206. The van der Waals surface area contributed by atoms with Gasteiger partial charge in [0.05, 0.1) is 5.75 Å². The van der Waals surface area contributed by atoms with Gasteiger partial charge in [-0.1, -0.05) is 65.2 Å². The van der Waals surface area contributed by atoms with E-state index in [1.165, 1.54) is 34.9 Å². The van der Waals surface area contributed by atoms with Gasteiger partial charge in [-0.3, -0.25) is 9.59 Å². The van der Waals surface area contributed by atoms with Crippen LogP contribution in [-0.4, -0.2) is 45.5 Å². The van der Waals surface area contributed by atoms with Crippen LogP contribution < -0.4 is 5.73 Å². The van der Waals surface area contributed by atoms with E-state index in [1.807, 2.05) is 36.6 Å². The van der Waals surface area contributed by atoms with Gasteiger partial charge in [-0.2, -0.15) is 0 Å². The third-order valence-electron chi connectivity index (χ3n) is 3.08. The van der Waals surface area contributed by atoms with Crippen molar-refractivity contribution >= 4 is 46.7 Å². The maximum absolute atomic E-state index is 12.5. The Hall–Kier alpha value is -1.58. The fourth-order valence-electron chi connectivity index (χ4n) is 1.89. The molecule has 0 saturated carbocycles. The summed E-state index contributed by atoms with van der Waals surface area (Å²) in [7, 11) is 0. The van der Waals surface area contributed by atoms with Crippen LogP contribution in [0.1, 0.15) is 12.0 Å². The van der Waals surface area contributed by atoms with Gasteiger partial charge in [0.25, 0.3) is 0 Å².